The van der Waals surface area contributed by atoms with Gasteiger partial charge in [0.1, 0.15) is 5.03 Å². The van der Waals surface area contributed by atoms with E-state index in [9.17, 15) is 0 Å². The summed E-state index contributed by atoms with van der Waals surface area (Å²) in [5.41, 5.74) is 1.24. The Hall–Kier alpha value is -0.910. The SMILES string of the molecule is CSc1ncccc1C[n+]1cc(CCO)sc1C. The third kappa shape index (κ3) is 3.10. The predicted octanol–water partition coefficient (Wildman–Crippen LogP) is 2.04. The molecule has 5 heteroatoms. The van der Waals surface area contributed by atoms with Crippen molar-refractivity contribution in [3.8, 4) is 0 Å². The van der Waals surface area contributed by atoms with Crippen LogP contribution in [0.15, 0.2) is 29.6 Å². The van der Waals surface area contributed by atoms with Gasteiger partial charge in [-0.1, -0.05) is 11.3 Å². The van der Waals surface area contributed by atoms with E-state index < -0.39 is 0 Å². The standard InChI is InChI=1S/C13H17N2OS2/c1-10-15(9-12(18-10)5-7-16)8-11-4-3-6-14-13(11)17-2/h3-4,6,9,16H,5,7-8H2,1-2H3/q+1. The summed E-state index contributed by atoms with van der Waals surface area (Å²) >= 11 is 3.42. The lowest BCUT2D eigenvalue weighted by atomic mass is 10.3. The summed E-state index contributed by atoms with van der Waals surface area (Å²) in [4.78, 5) is 5.61. The summed E-state index contributed by atoms with van der Waals surface area (Å²) in [6.07, 6.45) is 6.75. The second kappa shape index (κ2) is 6.31. The van der Waals surface area contributed by atoms with E-state index in [1.54, 1.807) is 23.1 Å². The summed E-state index contributed by atoms with van der Waals surface area (Å²) in [5, 5.41) is 11.3. The predicted molar refractivity (Wildman–Crippen MR) is 75.2 cm³/mol. The molecule has 0 radical (unpaired) electrons. The van der Waals surface area contributed by atoms with Crippen LogP contribution in [-0.2, 0) is 13.0 Å². The molecule has 2 rings (SSSR count). The molecule has 0 spiro atoms. The van der Waals surface area contributed by atoms with Gasteiger partial charge in [0.25, 0.3) is 0 Å². The zero-order chi connectivity index (χ0) is 13.0. The fourth-order valence-electron chi connectivity index (χ4n) is 1.83. The molecule has 0 atom stereocenters. The minimum Gasteiger partial charge on any atom is -0.396 e. The number of thiazole rings is 1. The minimum absolute atomic E-state index is 0.211. The first-order valence-electron chi connectivity index (χ1n) is 5.82. The molecular weight excluding hydrogens is 264 g/mol. The maximum atomic E-state index is 8.98. The lowest BCUT2D eigenvalue weighted by Crippen LogP contribution is -2.34. The lowest BCUT2D eigenvalue weighted by Gasteiger charge is -2.01. The number of pyridine rings is 1. The number of aliphatic hydroxyl groups excluding tert-OH is 1. The van der Waals surface area contributed by atoms with Gasteiger partial charge in [-0.3, -0.25) is 0 Å². The fourth-order valence-corrected chi connectivity index (χ4v) is 3.38. The van der Waals surface area contributed by atoms with Crippen LogP contribution in [0, 0.1) is 6.92 Å². The molecule has 0 aliphatic carbocycles. The number of aliphatic hydroxyl groups is 1. The Morgan fingerprint density at radius 2 is 2.33 bits per heavy atom. The Bertz CT molecular complexity index is 525. The summed E-state index contributed by atoms with van der Waals surface area (Å²) in [5.74, 6) is 0. The molecule has 2 heterocycles. The topological polar surface area (TPSA) is 37.0 Å². The van der Waals surface area contributed by atoms with Gasteiger partial charge < -0.3 is 5.11 Å². The average Bonchev–Trinajstić information content (AvgIpc) is 2.71. The Morgan fingerprint density at radius 3 is 3.06 bits per heavy atom. The van der Waals surface area contributed by atoms with Crippen LogP contribution in [0.5, 0.6) is 0 Å². The van der Waals surface area contributed by atoms with Crippen LogP contribution in [-0.4, -0.2) is 23.0 Å². The Balaban J connectivity index is 2.22. The normalized spacial score (nSPS) is 10.8. The zero-order valence-corrected chi connectivity index (χ0v) is 12.2. The highest BCUT2D eigenvalue weighted by atomic mass is 32.2. The van der Waals surface area contributed by atoms with Gasteiger partial charge >= 0.3 is 0 Å². The summed E-state index contributed by atoms with van der Waals surface area (Å²) in [6, 6.07) is 4.10. The zero-order valence-electron chi connectivity index (χ0n) is 10.6. The summed E-state index contributed by atoms with van der Waals surface area (Å²) in [7, 11) is 0. The highest BCUT2D eigenvalue weighted by Crippen LogP contribution is 2.18. The van der Waals surface area contributed by atoms with E-state index in [4.69, 9.17) is 5.11 Å². The van der Waals surface area contributed by atoms with Crippen molar-refractivity contribution < 1.29 is 9.67 Å². The summed E-state index contributed by atoms with van der Waals surface area (Å²) in [6.45, 7) is 3.17. The molecule has 0 saturated heterocycles. The van der Waals surface area contributed by atoms with Crippen LogP contribution in [0.3, 0.4) is 0 Å². The van der Waals surface area contributed by atoms with Crippen molar-refractivity contribution in [3.05, 3.63) is 40.0 Å². The first-order chi connectivity index (χ1) is 8.74. The number of nitrogens with zero attached hydrogens (tertiary/aromatic N) is 2. The van der Waals surface area contributed by atoms with Gasteiger partial charge in [0.2, 0.25) is 5.01 Å². The molecule has 2 aromatic rings. The minimum atomic E-state index is 0.211. The number of hydrogen-bond donors (Lipinski definition) is 1. The molecule has 0 saturated carbocycles. The van der Waals surface area contributed by atoms with Crippen LogP contribution in [0.4, 0.5) is 0 Å². The fraction of sp³-hybridized carbons (Fsp3) is 0.385. The molecule has 0 aromatic carbocycles. The molecule has 0 bridgehead atoms. The summed E-state index contributed by atoms with van der Waals surface area (Å²) < 4.78 is 2.23. The molecule has 18 heavy (non-hydrogen) atoms. The monoisotopic (exact) mass is 281 g/mol. The van der Waals surface area contributed by atoms with Crippen molar-refractivity contribution in [2.75, 3.05) is 12.9 Å². The van der Waals surface area contributed by atoms with E-state index in [0.29, 0.717) is 0 Å². The molecule has 0 fully saturated rings. The van der Waals surface area contributed by atoms with Gasteiger partial charge in [0.15, 0.2) is 12.7 Å². The largest absolute Gasteiger partial charge is 0.396 e. The van der Waals surface area contributed by atoms with Crippen molar-refractivity contribution in [2.24, 2.45) is 0 Å². The van der Waals surface area contributed by atoms with Gasteiger partial charge in [-0.2, -0.15) is 4.57 Å². The lowest BCUT2D eigenvalue weighted by molar-refractivity contribution is -0.689. The first kappa shape index (κ1) is 13.5. The first-order valence-corrected chi connectivity index (χ1v) is 7.86. The van der Waals surface area contributed by atoms with E-state index in [0.717, 1.165) is 18.0 Å². The second-order valence-corrected chi connectivity index (χ2v) is 6.10. The maximum Gasteiger partial charge on any atom is 0.234 e. The number of aromatic nitrogens is 2. The van der Waals surface area contributed by atoms with Crippen LogP contribution in [0.1, 0.15) is 15.4 Å². The molecule has 0 amide bonds. The van der Waals surface area contributed by atoms with E-state index >= 15 is 0 Å². The third-order valence-corrected chi connectivity index (χ3v) is 4.58. The third-order valence-electron chi connectivity index (χ3n) is 2.73. The number of rotatable bonds is 5. The molecule has 0 aliphatic heterocycles. The quantitative estimate of drug-likeness (QED) is 0.673. The van der Waals surface area contributed by atoms with E-state index in [1.165, 1.54) is 15.4 Å². The Morgan fingerprint density at radius 1 is 1.50 bits per heavy atom. The molecule has 0 unspecified atom stereocenters. The van der Waals surface area contributed by atoms with Crippen LogP contribution in [0.25, 0.3) is 0 Å². The number of aryl methyl sites for hydroxylation is 1. The Labute approximate surface area is 116 Å². The molecular formula is C13H17N2OS2+. The molecule has 96 valence electrons. The van der Waals surface area contributed by atoms with Gasteiger partial charge in [0.05, 0.1) is 4.88 Å². The number of hydrogen-bond acceptors (Lipinski definition) is 4. The van der Waals surface area contributed by atoms with Crippen molar-refractivity contribution in [1.29, 1.82) is 0 Å². The highest BCUT2D eigenvalue weighted by molar-refractivity contribution is 7.98. The van der Waals surface area contributed by atoms with Crippen LogP contribution in [0.2, 0.25) is 0 Å². The smallest absolute Gasteiger partial charge is 0.234 e. The average molecular weight is 281 g/mol. The highest BCUT2D eigenvalue weighted by Gasteiger charge is 2.15. The number of thioether (sulfide) groups is 1. The van der Waals surface area contributed by atoms with Crippen LogP contribution < -0.4 is 4.57 Å². The van der Waals surface area contributed by atoms with Gasteiger partial charge in [-0.05, 0) is 18.4 Å². The van der Waals surface area contributed by atoms with E-state index in [-0.39, 0.29) is 6.61 Å². The maximum absolute atomic E-state index is 8.98. The molecule has 3 nitrogen and oxygen atoms in total. The van der Waals surface area contributed by atoms with Gasteiger partial charge in [0, 0.05) is 31.7 Å². The molecule has 0 aliphatic rings. The Kier molecular flexibility index (Phi) is 4.74. The van der Waals surface area contributed by atoms with E-state index in [1.807, 2.05) is 18.5 Å². The molecule has 1 N–H and O–H groups in total. The van der Waals surface area contributed by atoms with Crippen molar-refractivity contribution >= 4 is 23.1 Å². The van der Waals surface area contributed by atoms with Crippen LogP contribution >= 0.6 is 23.1 Å². The molecule has 2 aromatic heterocycles. The van der Waals surface area contributed by atoms with Gasteiger partial charge in [-0.15, -0.1) is 11.8 Å². The van der Waals surface area contributed by atoms with Crippen molar-refractivity contribution in [2.45, 2.75) is 24.9 Å². The van der Waals surface area contributed by atoms with Crippen molar-refractivity contribution in [3.63, 3.8) is 0 Å². The van der Waals surface area contributed by atoms with E-state index in [2.05, 4.69) is 28.7 Å². The van der Waals surface area contributed by atoms with Gasteiger partial charge in [-0.25, -0.2) is 4.98 Å². The second-order valence-electron chi connectivity index (χ2n) is 3.99. The van der Waals surface area contributed by atoms with Crippen molar-refractivity contribution in [1.82, 2.24) is 4.98 Å².